The highest BCUT2D eigenvalue weighted by Crippen LogP contribution is 2.10. The highest BCUT2D eigenvalue weighted by molar-refractivity contribution is 5.93. The van der Waals surface area contributed by atoms with Gasteiger partial charge in [-0.05, 0) is 23.8 Å². The van der Waals surface area contributed by atoms with Gasteiger partial charge in [0.25, 0.3) is 5.91 Å². The minimum absolute atomic E-state index is 0.223. The molecule has 0 saturated carbocycles. The van der Waals surface area contributed by atoms with Crippen LogP contribution in [-0.2, 0) is 6.54 Å². The Morgan fingerprint density at radius 2 is 2.19 bits per heavy atom. The van der Waals surface area contributed by atoms with Crippen LogP contribution in [-0.4, -0.2) is 27.3 Å². The van der Waals surface area contributed by atoms with Crippen molar-refractivity contribution in [3.05, 3.63) is 59.9 Å². The van der Waals surface area contributed by atoms with Crippen LogP contribution in [0, 0.1) is 17.3 Å². The van der Waals surface area contributed by atoms with E-state index in [1.165, 1.54) is 17.2 Å². The molecule has 0 N–H and O–H groups in total. The molecule has 0 spiro atoms. The monoisotopic (exact) mass is 284 g/mol. The van der Waals surface area contributed by atoms with Crippen molar-refractivity contribution in [2.45, 2.75) is 13.0 Å². The molecule has 21 heavy (non-hydrogen) atoms. The summed E-state index contributed by atoms with van der Waals surface area (Å²) in [6, 6.07) is 8.16. The van der Waals surface area contributed by atoms with Gasteiger partial charge in [-0.2, -0.15) is 9.65 Å². The Morgan fingerprint density at radius 1 is 1.33 bits per heavy atom. The van der Waals surface area contributed by atoms with E-state index in [-0.39, 0.29) is 12.3 Å². The van der Waals surface area contributed by atoms with Crippen molar-refractivity contribution in [3.8, 4) is 6.07 Å². The maximum Gasteiger partial charge on any atom is 0.255 e. The number of amides is 1. The van der Waals surface area contributed by atoms with Gasteiger partial charge in [-0.25, -0.2) is 4.98 Å². The van der Waals surface area contributed by atoms with Gasteiger partial charge in [0.15, 0.2) is 0 Å². The lowest BCUT2D eigenvalue weighted by Crippen LogP contribution is -2.31. The Balaban J connectivity index is 2.17. The normalized spacial score (nSPS) is 9.90. The van der Waals surface area contributed by atoms with Crippen LogP contribution in [0.15, 0.2) is 42.9 Å². The van der Waals surface area contributed by atoms with E-state index in [0.717, 1.165) is 11.6 Å². The highest BCUT2D eigenvalue weighted by Gasteiger charge is 2.16. The van der Waals surface area contributed by atoms with E-state index in [4.69, 9.17) is 5.26 Å². The Hall–Kier alpha value is -2.81. The van der Waals surface area contributed by atoms with Crippen LogP contribution >= 0.6 is 0 Å². The van der Waals surface area contributed by atoms with Crippen molar-refractivity contribution in [2.24, 2.45) is 0 Å². The first-order valence-electron chi connectivity index (χ1n) is 6.37. The number of carbonyl (C=O) groups is 1. The fourth-order valence-electron chi connectivity index (χ4n) is 1.83. The molecule has 5 nitrogen and oxygen atoms in total. The van der Waals surface area contributed by atoms with E-state index in [9.17, 15) is 9.18 Å². The first-order chi connectivity index (χ1) is 10.2. The molecule has 0 saturated heterocycles. The van der Waals surface area contributed by atoms with Gasteiger partial charge in [-0.15, -0.1) is 0 Å². The van der Waals surface area contributed by atoms with Gasteiger partial charge in [0.05, 0.1) is 18.1 Å². The largest absolute Gasteiger partial charge is 0.333 e. The van der Waals surface area contributed by atoms with Crippen molar-refractivity contribution in [1.82, 2.24) is 14.9 Å². The molecular weight excluding hydrogens is 271 g/mol. The van der Waals surface area contributed by atoms with E-state index >= 15 is 0 Å². The van der Waals surface area contributed by atoms with Crippen LogP contribution in [0.5, 0.6) is 0 Å². The predicted molar refractivity (Wildman–Crippen MR) is 73.4 cm³/mol. The van der Waals surface area contributed by atoms with Crippen LogP contribution in [0.25, 0.3) is 0 Å². The molecule has 0 bridgehead atoms. The Morgan fingerprint density at radius 3 is 2.81 bits per heavy atom. The van der Waals surface area contributed by atoms with Crippen molar-refractivity contribution >= 4 is 5.91 Å². The number of pyridine rings is 2. The molecule has 0 aliphatic heterocycles. The van der Waals surface area contributed by atoms with Crippen LogP contribution in [0.4, 0.5) is 4.39 Å². The second kappa shape index (κ2) is 7.10. The summed E-state index contributed by atoms with van der Waals surface area (Å²) in [7, 11) is 0. The van der Waals surface area contributed by atoms with Crippen molar-refractivity contribution in [3.63, 3.8) is 0 Å². The molecule has 2 rings (SSSR count). The summed E-state index contributed by atoms with van der Waals surface area (Å²) in [6.07, 6.45) is 4.73. The standard InChI is InChI=1S/C15H13FN4O/c16-14-5-4-13(10-19-14)15(21)20(8-2-6-17)11-12-3-1-7-18-9-12/h1,3-5,7,9-10H,2,8,11H2. The van der Waals surface area contributed by atoms with Gasteiger partial charge in [-0.1, -0.05) is 6.07 Å². The zero-order valence-corrected chi connectivity index (χ0v) is 11.2. The van der Waals surface area contributed by atoms with Crippen LogP contribution in [0.2, 0.25) is 0 Å². The van der Waals surface area contributed by atoms with E-state index in [0.29, 0.717) is 18.7 Å². The predicted octanol–water partition coefficient (Wildman–Crippen LogP) is 2.17. The topological polar surface area (TPSA) is 69.9 Å². The van der Waals surface area contributed by atoms with Gasteiger partial charge in [0, 0.05) is 31.7 Å². The Kier molecular flexibility index (Phi) is 4.94. The van der Waals surface area contributed by atoms with Gasteiger partial charge in [0.2, 0.25) is 5.95 Å². The fraction of sp³-hybridized carbons (Fsp3) is 0.200. The lowest BCUT2D eigenvalue weighted by atomic mass is 10.2. The lowest BCUT2D eigenvalue weighted by molar-refractivity contribution is 0.0746. The molecule has 0 unspecified atom stereocenters. The summed E-state index contributed by atoms with van der Waals surface area (Å²) in [5.41, 5.74) is 1.15. The lowest BCUT2D eigenvalue weighted by Gasteiger charge is -2.21. The summed E-state index contributed by atoms with van der Waals surface area (Å²) in [5.74, 6) is -0.927. The van der Waals surface area contributed by atoms with Crippen LogP contribution < -0.4 is 0 Å². The van der Waals surface area contributed by atoms with Crippen molar-refractivity contribution < 1.29 is 9.18 Å². The van der Waals surface area contributed by atoms with E-state index in [2.05, 4.69) is 9.97 Å². The zero-order valence-electron chi connectivity index (χ0n) is 11.2. The highest BCUT2D eigenvalue weighted by atomic mass is 19.1. The second-order valence-electron chi connectivity index (χ2n) is 4.37. The van der Waals surface area contributed by atoms with E-state index < -0.39 is 5.95 Å². The number of hydrogen-bond donors (Lipinski definition) is 0. The molecule has 0 fully saturated rings. The molecule has 0 atom stereocenters. The summed E-state index contributed by atoms with van der Waals surface area (Å²) in [4.78, 5) is 21.4. The van der Waals surface area contributed by atoms with Crippen LogP contribution in [0.1, 0.15) is 22.3 Å². The van der Waals surface area contributed by atoms with Gasteiger partial charge in [-0.3, -0.25) is 9.78 Å². The van der Waals surface area contributed by atoms with E-state index in [1.807, 2.05) is 12.1 Å². The van der Waals surface area contributed by atoms with Crippen molar-refractivity contribution in [1.29, 1.82) is 5.26 Å². The van der Waals surface area contributed by atoms with Gasteiger partial charge in [0.1, 0.15) is 0 Å². The third kappa shape index (κ3) is 4.08. The molecule has 0 aromatic carbocycles. The van der Waals surface area contributed by atoms with Crippen molar-refractivity contribution in [2.75, 3.05) is 6.54 Å². The molecule has 0 aliphatic rings. The molecule has 6 heteroatoms. The smallest absolute Gasteiger partial charge is 0.255 e. The third-order valence-corrected chi connectivity index (χ3v) is 2.85. The number of halogens is 1. The number of carbonyl (C=O) groups excluding carboxylic acids is 1. The Bertz CT molecular complexity index is 637. The molecule has 2 aromatic rings. The number of nitriles is 1. The molecule has 106 valence electrons. The Labute approximate surface area is 121 Å². The van der Waals surface area contributed by atoms with E-state index in [1.54, 1.807) is 18.5 Å². The summed E-state index contributed by atoms with van der Waals surface area (Å²) >= 11 is 0. The summed E-state index contributed by atoms with van der Waals surface area (Å²) in [5, 5.41) is 8.71. The minimum Gasteiger partial charge on any atom is -0.333 e. The summed E-state index contributed by atoms with van der Waals surface area (Å²) < 4.78 is 12.8. The quantitative estimate of drug-likeness (QED) is 0.789. The minimum atomic E-state index is -0.637. The first kappa shape index (κ1) is 14.6. The number of hydrogen-bond acceptors (Lipinski definition) is 4. The molecule has 0 aliphatic carbocycles. The maximum atomic E-state index is 12.8. The molecule has 2 heterocycles. The number of rotatable bonds is 5. The SMILES string of the molecule is N#CCCN(Cc1cccnc1)C(=O)c1ccc(F)nc1. The average molecular weight is 284 g/mol. The number of aromatic nitrogens is 2. The molecule has 2 aromatic heterocycles. The van der Waals surface area contributed by atoms with Crippen LogP contribution in [0.3, 0.4) is 0 Å². The molecule has 0 radical (unpaired) electrons. The first-order valence-corrected chi connectivity index (χ1v) is 6.37. The second-order valence-corrected chi connectivity index (χ2v) is 4.37. The molecular formula is C15H13FN4O. The third-order valence-electron chi connectivity index (χ3n) is 2.85. The van der Waals surface area contributed by atoms with Gasteiger partial charge >= 0.3 is 0 Å². The average Bonchev–Trinajstić information content (AvgIpc) is 2.52. The number of nitrogens with zero attached hydrogens (tertiary/aromatic N) is 4. The molecule has 1 amide bonds. The maximum absolute atomic E-state index is 12.8. The summed E-state index contributed by atoms with van der Waals surface area (Å²) in [6.45, 7) is 0.632. The van der Waals surface area contributed by atoms with Gasteiger partial charge < -0.3 is 4.90 Å². The fourth-order valence-corrected chi connectivity index (χ4v) is 1.83. The zero-order chi connectivity index (χ0) is 15.1.